The highest BCUT2D eigenvalue weighted by Crippen LogP contribution is 2.28. The van der Waals surface area contributed by atoms with Crippen LogP contribution in [0.5, 0.6) is 0 Å². The molecule has 3 nitrogen and oxygen atoms in total. The summed E-state index contributed by atoms with van der Waals surface area (Å²) in [6, 6.07) is 0. The molecule has 0 rings (SSSR count). The van der Waals surface area contributed by atoms with Crippen LogP contribution < -0.4 is 0 Å². The SMILES string of the molecule is CCN(C)C(=O)OC(C(C)C)C(C)(C)C. The van der Waals surface area contributed by atoms with Crippen molar-refractivity contribution in [2.45, 2.75) is 47.6 Å². The third-order valence-electron chi connectivity index (χ3n) is 2.47. The first kappa shape index (κ1) is 14.3. The van der Waals surface area contributed by atoms with Crippen LogP contribution in [0.1, 0.15) is 41.5 Å². The second-order valence-electron chi connectivity index (χ2n) is 5.43. The molecule has 0 saturated carbocycles. The van der Waals surface area contributed by atoms with Crippen LogP contribution in [0.3, 0.4) is 0 Å². The zero-order valence-corrected chi connectivity index (χ0v) is 11.1. The smallest absolute Gasteiger partial charge is 0.409 e. The van der Waals surface area contributed by atoms with Gasteiger partial charge in [0.2, 0.25) is 0 Å². The molecule has 0 fully saturated rings. The number of nitrogens with zero attached hydrogens (tertiary/aromatic N) is 1. The highest BCUT2D eigenvalue weighted by molar-refractivity contribution is 5.67. The first-order valence-corrected chi connectivity index (χ1v) is 5.61. The van der Waals surface area contributed by atoms with Gasteiger partial charge >= 0.3 is 6.09 Å². The van der Waals surface area contributed by atoms with E-state index in [9.17, 15) is 4.79 Å². The fourth-order valence-electron chi connectivity index (χ4n) is 1.64. The molecular formula is C12H25NO2. The van der Waals surface area contributed by atoms with Crippen molar-refractivity contribution < 1.29 is 9.53 Å². The van der Waals surface area contributed by atoms with Crippen molar-refractivity contribution in [3.05, 3.63) is 0 Å². The van der Waals surface area contributed by atoms with Gasteiger partial charge in [-0.1, -0.05) is 34.6 Å². The minimum absolute atomic E-state index is 0.0155. The summed E-state index contributed by atoms with van der Waals surface area (Å²) in [5, 5.41) is 0. The van der Waals surface area contributed by atoms with Crippen LogP contribution in [0, 0.1) is 11.3 Å². The molecule has 0 N–H and O–H groups in total. The number of hydrogen-bond acceptors (Lipinski definition) is 2. The fraction of sp³-hybridized carbons (Fsp3) is 0.917. The molecule has 0 aromatic carbocycles. The summed E-state index contributed by atoms with van der Waals surface area (Å²) in [6.07, 6.45) is -0.273. The van der Waals surface area contributed by atoms with E-state index in [2.05, 4.69) is 34.6 Å². The lowest BCUT2D eigenvalue weighted by atomic mass is 9.82. The number of rotatable bonds is 3. The second-order valence-corrected chi connectivity index (χ2v) is 5.43. The van der Waals surface area contributed by atoms with Crippen LogP contribution >= 0.6 is 0 Å². The van der Waals surface area contributed by atoms with Crippen molar-refractivity contribution in [2.75, 3.05) is 13.6 Å². The standard InChI is InChI=1S/C12H25NO2/c1-8-13(7)11(14)15-10(9(2)3)12(4,5)6/h9-10H,8H2,1-7H3. The average Bonchev–Trinajstić information content (AvgIpc) is 2.09. The molecule has 0 saturated heterocycles. The van der Waals surface area contributed by atoms with Crippen LogP contribution in [-0.2, 0) is 4.74 Å². The lowest BCUT2D eigenvalue weighted by Gasteiger charge is -2.34. The topological polar surface area (TPSA) is 29.5 Å². The number of amides is 1. The van der Waals surface area contributed by atoms with Crippen molar-refractivity contribution in [2.24, 2.45) is 11.3 Å². The predicted molar refractivity (Wildman–Crippen MR) is 62.9 cm³/mol. The van der Waals surface area contributed by atoms with E-state index in [4.69, 9.17) is 4.74 Å². The lowest BCUT2D eigenvalue weighted by molar-refractivity contribution is -0.0119. The van der Waals surface area contributed by atoms with Crippen molar-refractivity contribution in [3.63, 3.8) is 0 Å². The molecule has 0 aromatic heterocycles. The van der Waals surface area contributed by atoms with E-state index in [1.165, 1.54) is 0 Å². The van der Waals surface area contributed by atoms with Gasteiger partial charge in [-0.25, -0.2) is 4.79 Å². The molecule has 0 heterocycles. The second kappa shape index (κ2) is 5.38. The average molecular weight is 215 g/mol. The number of hydrogen-bond donors (Lipinski definition) is 0. The van der Waals surface area contributed by atoms with Crippen LogP contribution in [0.15, 0.2) is 0 Å². The molecule has 0 aliphatic carbocycles. The molecule has 0 spiro atoms. The summed E-state index contributed by atoms with van der Waals surface area (Å²) in [5.41, 5.74) is -0.0155. The van der Waals surface area contributed by atoms with Gasteiger partial charge < -0.3 is 9.64 Å². The van der Waals surface area contributed by atoms with Gasteiger partial charge in [0.05, 0.1) is 0 Å². The van der Waals surface area contributed by atoms with E-state index >= 15 is 0 Å². The van der Waals surface area contributed by atoms with Gasteiger partial charge in [0.15, 0.2) is 0 Å². The van der Waals surface area contributed by atoms with E-state index in [0.717, 1.165) is 0 Å². The minimum Gasteiger partial charge on any atom is -0.445 e. The molecule has 1 unspecified atom stereocenters. The van der Waals surface area contributed by atoms with Crippen LogP contribution in [0.4, 0.5) is 4.79 Å². The van der Waals surface area contributed by atoms with E-state index in [0.29, 0.717) is 12.5 Å². The lowest BCUT2D eigenvalue weighted by Crippen LogP contribution is -2.40. The molecule has 1 atom stereocenters. The van der Waals surface area contributed by atoms with Gasteiger partial charge in [-0.2, -0.15) is 0 Å². The van der Waals surface area contributed by atoms with Crippen LogP contribution in [-0.4, -0.2) is 30.7 Å². The molecular weight excluding hydrogens is 190 g/mol. The molecule has 0 bridgehead atoms. The third kappa shape index (κ3) is 4.54. The van der Waals surface area contributed by atoms with Gasteiger partial charge in [0.1, 0.15) is 6.10 Å². The first-order valence-electron chi connectivity index (χ1n) is 5.61. The summed E-state index contributed by atoms with van der Waals surface area (Å²) >= 11 is 0. The molecule has 90 valence electrons. The van der Waals surface area contributed by atoms with Crippen molar-refractivity contribution in [1.29, 1.82) is 0 Å². The minimum atomic E-state index is -0.230. The molecule has 3 heteroatoms. The number of carbonyl (C=O) groups is 1. The Morgan fingerprint density at radius 2 is 1.80 bits per heavy atom. The van der Waals surface area contributed by atoms with Gasteiger partial charge in [-0.05, 0) is 18.3 Å². The Kier molecular flexibility index (Phi) is 5.12. The molecule has 15 heavy (non-hydrogen) atoms. The fourth-order valence-corrected chi connectivity index (χ4v) is 1.64. The van der Waals surface area contributed by atoms with Gasteiger partial charge in [-0.15, -0.1) is 0 Å². The maximum Gasteiger partial charge on any atom is 0.409 e. The molecule has 0 aliphatic heterocycles. The summed E-state index contributed by atoms with van der Waals surface area (Å²) in [7, 11) is 1.75. The van der Waals surface area contributed by atoms with E-state index in [-0.39, 0.29) is 17.6 Å². The quantitative estimate of drug-likeness (QED) is 0.723. The monoisotopic (exact) mass is 215 g/mol. The zero-order valence-electron chi connectivity index (χ0n) is 11.1. The number of ether oxygens (including phenoxy) is 1. The molecule has 0 aliphatic rings. The van der Waals surface area contributed by atoms with Crippen LogP contribution in [0.25, 0.3) is 0 Å². The maximum atomic E-state index is 11.6. The first-order chi connectivity index (χ1) is 6.70. The van der Waals surface area contributed by atoms with Gasteiger partial charge in [-0.3, -0.25) is 0 Å². The largest absolute Gasteiger partial charge is 0.445 e. The van der Waals surface area contributed by atoms with Gasteiger partial charge in [0, 0.05) is 13.6 Å². The summed E-state index contributed by atoms with van der Waals surface area (Å²) in [5.74, 6) is 0.333. The van der Waals surface area contributed by atoms with Crippen LogP contribution in [0.2, 0.25) is 0 Å². The Morgan fingerprint density at radius 1 is 1.33 bits per heavy atom. The van der Waals surface area contributed by atoms with E-state index in [1.807, 2.05) is 6.92 Å². The van der Waals surface area contributed by atoms with E-state index < -0.39 is 0 Å². The normalized spacial score (nSPS) is 13.9. The zero-order chi connectivity index (χ0) is 12.2. The highest BCUT2D eigenvalue weighted by Gasteiger charge is 2.31. The van der Waals surface area contributed by atoms with Crippen molar-refractivity contribution in [1.82, 2.24) is 4.90 Å². The summed E-state index contributed by atoms with van der Waals surface area (Å²) < 4.78 is 5.52. The van der Waals surface area contributed by atoms with E-state index in [1.54, 1.807) is 11.9 Å². The summed E-state index contributed by atoms with van der Waals surface area (Å²) in [6.45, 7) is 13.0. The molecule has 0 radical (unpaired) electrons. The maximum absolute atomic E-state index is 11.6. The predicted octanol–water partition coefficient (Wildman–Crippen LogP) is 3.15. The molecule has 1 amide bonds. The third-order valence-corrected chi connectivity index (χ3v) is 2.47. The number of carbonyl (C=O) groups excluding carboxylic acids is 1. The van der Waals surface area contributed by atoms with Crippen molar-refractivity contribution in [3.8, 4) is 0 Å². The Bertz CT molecular complexity index is 206. The highest BCUT2D eigenvalue weighted by atomic mass is 16.6. The Labute approximate surface area is 93.8 Å². The van der Waals surface area contributed by atoms with Gasteiger partial charge in [0.25, 0.3) is 0 Å². The van der Waals surface area contributed by atoms with Crippen molar-refractivity contribution >= 4 is 6.09 Å². The Morgan fingerprint density at radius 3 is 2.07 bits per heavy atom. The Hall–Kier alpha value is -0.730. The molecule has 0 aromatic rings. The Balaban J connectivity index is 4.50. The summed E-state index contributed by atoms with van der Waals surface area (Å²) in [4.78, 5) is 13.2.